The Balaban J connectivity index is 1.78. The number of anilines is 1. The van der Waals surface area contributed by atoms with E-state index >= 15 is 0 Å². The minimum absolute atomic E-state index is 0.183. The molecule has 0 aromatic carbocycles. The van der Waals surface area contributed by atoms with Crippen LogP contribution in [0.3, 0.4) is 0 Å². The Labute approximate surface area is 113 Å². The maximum atomic E-state index is 6.16. The van der Waals surface area contributed by atoms with Gasteiger partial charge in [0.05, 0.1) is 5.69 Å². The van der Waals surface area contributed by atoms with E-state index in [2.05, 4.69) is 18.7 Å². The molecule has 2 aliphatic rings. The fourth-order valence-electron chi connectivity index (χ4n) is 3.08. The van der Waals surface area contributed by atoms with E-state index in [9.17, 15) is 0 Å². The SMILES string of the molecule is CC(C)C1CCN(c2nc3c(s2)CCCC3N)C1. The van der Waals surface area contributed by atoms with Gasteiger partial charge in [0.1, 0.15) is 0 Å². The van der Waals surface area contributed by atoms with Crippen LogP contribution in [0.2, 0.25) is 0 Å². The molecule has 0 radical (unpaired) electrons. The Kier molecular flexibility index (Phi) is 3.32. The van der Waals surface area contributed by atoms with Gasteiger partial charge in [-0.15, -0.1) is 11.3 Å². The summed E-state index contributed by atoms with van der Waals surface area (Å²) in [6, 6.07) is 0.183. The van der Waals surface area contributed by atoms with Crippen LogP contribution in [-0.4, -0.2) is 18.1 Å². The minimum Gasteiger partial charge on any atom is -0.348 e. The number of nitrogens with two attached hydrogens (primary N) is 1. The third kappa shape index (κ3) is 2.16. The summed E-state index contributed by atoms with van der Waals surface area (Å²) in [5.41, 5.74) is 7.35. The van der Waals surface area contributed by atoms with Crippen molar-refractivity contribution in [3.63, 3.8) is 0 Å². The van der Waals surface area contributed by atoms with Crippen LogP contribution in [0.5, 0.6) is 0 Å². The zero-order valence-corrected chi connectivity index (χ0v) is 12.2. The molecule has 1 fully saturated rings. The third-order valence-corrected chi connectivity index (χ3v) is 5.62. The van der Waals surface area contributed by atoms with Crippen molar-refractivity contribution in [1.29, 1.82) is 0 Å². The van der Waals surface area contributed by atoms with Crippen molar-refractivity contribution in [2.75, 3.05) is 18.0 Å². The summed E-state index contributed by atoms with van der Waals surface area (Å²) in [5, 5.41) is 1.22. The fraction of sp³-hybridized carbons (Fsp3) is 0.786. The van der Waals surface area contributed by atoms with Gasteiger partial charge in [-0.2, -0.15) is 0 Å². The van der Waals surface area contributed by atoms with Gasteiger partial charge in [0, 0.05) is 24.0 Å². The molecule has 1 aromatic rings. The highest BCUT2D eigenvalue weighted by Gasteiger charge is 2.29. The minimum atomic E-state index is 0.183. The van der Waals surface area contributed by atoms with Crippen molar-refractivity contribution < 1.29 is 0 Å². The quantitative estimate of drug-likeness (QED) is 0.894. The normalized spacial score (nSPS) is 27.9. The van der Waals surface area contributed by atoms with Crippen LogP contribution in [-0.2, 0) is 6.42 Å². The predicted molar refractivity (Wildman–Crippen MR) is 77.1 cm³/mol. The van der Waals surface area contributed by atoms with Crippen molar-refractivity contribution in [3.8, 4) is 0 Å². The van der Waals surface area contributed by atoms with Gasteiger partial charge in [0.15, 0.2) is 5.13 Å². The highest BCUT2D eigenvalue weighted by Crippen LogP contribution is 2.37. The lowest BCUT2D eigenvalue weighted by atomic mass is 9.95. The molecule has 1 aliphatic carbocycles. The maximum absolute atomic E-state index is 6.16. The summed E-state index contributed by atoms with van der Waals surface area (Å²) in [6.07, 6.45) is 4.82. The molecule has 1 aromatic heterocycles. The number of fused-ring (bicyclic) bond motifs is 1. The van der Waals surface area contributed by atoms with Crippen LogP contribution < -0.4 is 10.6 Å². The van der Waals surface area contributed by atoms with Crippen molar-refractivity contribution in [3.05, 3.63) is 10.6 Å². The largest absolute Gasteiger partial charge is 0.348 e. The summed E-state index contributed by atoms with van der Waals surface area (Å²) in [5.74, 6) is 1.62. The molecule has 3 nitrogen and oxygen atoms in total. The molecule has 2 heterocycles. The molecular weight excluding hydrogens is 242 g/mol. The second kappa shape index (κ2) is 4.82. The number of nitrogens with zero attached hydrogens (tertiary/aromatic N) is 2. The van der Waals surface area contributed by atoms with Gasteiger partial charge in [0.25, 0.3) is 0 Å². The van der Waals surface area contributed by atoms with Crippen LogP contribution in [0.15, 0.2) is 0 Å². The topological polar surface area (TPSA) is 42.2 Å². The second-order valence-electron chi connectivity index (χ2n) is 6.04. The maximum Gasteiger partial charge on any atom is 0.185 e. The summed E-state index contributed by atoms with van der Waals surface area (Å²) in [4.78, 5) is 8.74. The molecule has 3 rings (SSSR count). The zero-order valence-electron chi connectivity index (χ0n) is 11.4. The van der Waals surface area contributed by atoms with E-state index in [1.165, 1.54) is 48.1 Å². The predicted octanol–water partition coefficient (Wildman–Crippen LogP) is 2.96. The monoisotopic (exact) mass is 265 g/mol. The van der Waals surface area contributed by atoms with E-state index in [0.29, 0.717) is 0 Å². The molecule has 0 amide bonds. The lowest BCUT2D eigenvalue weighted by molar-refractivity contribution is 0.422. The smallest absolute Gasteiger partial charge is 0.185 e. The van der Waals surface area contributed by atoms with E-state index in [1.54, 1.807) is 0 Å². The molecule has 0 saturated carbocycles. The Hall–Kier alpha value is -0.610. The Morgan fingerprint density at radius 2 is 2.22 bits per heavy atom. The second-order valence-corrected chi connectivity index (χ2v) is 7.10. The number of rotatable bonds is 2. The number of hydrogen-bond donors (Lipinski definition) is 1. The van der Waals surface area contributed by atoms with Crippen LogP contribution in [0.4, 0.5) is 5.13 Å². The van der Waals surface area contributed by atoms with E-state index in [-0.39, 0.29) is 6.04 Å². The number of hydrogen-bond acceptors (Lipinski definition) is 4. The van der Waals surface area contributed by atoms with Crippen LogP contribution in [0, 0.1) is 11.8 Å². The molecule has 1 aliphatic heterocycles. The van der Waals surface area contributed by atoms with Gasteiger partial charge in [-0.25, -0.2) is 4.98 Å². The Morgan fingerprint density at radius 3 is 2.89 bits per heavy atom. The highest BCUT2D eigenvalue weighted by atomic mass is 32.1. The number of aryl methyl sites for hydroxylation is 1. The van der Waals surface area contributed by atoms with E-state index < -0.39 is 0 Å². The summed E-state index contributed by atoms with van der Waals surface area (Å²) in [6.45, 7) is 7.01. The van der Waals surface area contributed by atoms with Crippen LogP contribution in [0.1, 0.15) is 49.7 Å². The third-order valence-electron chi connectivity index (χ3n) is 4.42. The zero-order chi connectivity index (χ0) is 12.7. The van der Waals surface area contributed by atoms with Gasteiger partial charge < -0.3 is 10.6 Å². The molecule has 0 bridgehead atoms. The molecule has 2 atom stereocenters. The molecule has 2 unspecified atom stereocenters. The molecule has 100 valence electrons. The number of aromatic nitrogens is 1. The average Bonchev–Trinajstić information content (AvgIpc) is 2.95. The summed E-state index contributed by atoms with van der Waals surface area (Å²) < 4.78 is 0. The van der Waals surface area contributed by atoms with Gasteiger partial charge in [-0.05, 0) is 37.5 Å². The number of thiazole rings is 1. The molecule has 18 heavy (non-hydrogen) atoms. The summed E-state index contributed by atoms with van der Waals surface area (Å²) >= 11 is 1.88. The van der Waals surface area contributed by atoms with Gasteiger partial charge >= 0.3 is 0 Å². The lowest BCUT2D eigenvalue weighted by Gasteiger charge is -2.17. The first-order chi connectivity index (χ1) is 8.65. The lowest BCUT2D eigenvalue weighted by Crippen LogP contribution is -2.21. The summed E-state index contributed by atoms with van der Waals surface area (Å²) in [7, 11) is 0. The van der Waals surface area contributed by atoms with Crippen molar-refractivity contribution in [1.82, 2.24) is 4.98 Å². The average molecular weight is 265 g/mol. The first kappa shape index (κ1) is 12.4. The van der Waals surface area contributed by atoms with Crippen LogP contribution >= 0.6 is 11.3 Å². The first-order valence-electron chi connectivity index (χ1n) is 7.15. The molecule has 1 saturated heterocycles. The Bertz CT molecular complexity index is 427. The highest BCUT2D eigenvalue weighted by molar-refractivity contribution is 7.15. The van der Waals surface area contributed by atoms with Crippen LogP contribution in [0.25, 0.3) is 0 Å². The Morgan fingerprint density at radius 1 is 1.39 bits per heavy atom. The van der Waals surface area contributed by atoms with E-state index in [0.717, 1.165) is 18.3 Å². The van der Waals surface area contributed by atoms with Gasteiger partial charge in [0.2, 0.25) is 0 Å². The standard InChI is InChI=1S/C14H23N3S/c1-9(2)10-6-7-17(8-10)14-16-13-11(15)4-3-5-12(13)18-14/h9-11H,3-8,15H2,1-2H3. The van der Waals surface area contributed by atoms with Crippen molar-refractivity contribution in [2.24, 2.45) is 17.6 Å². The van der Waals surface area contributed by atoms with Gasteiger partial charge in [-0.1, -0.05) is 13.8 Å². The molecule has 2 N–H and O–H groups in total. The molecule has 4 heteroatoms. The van der Waals surface area contributed by atoms with Crippen molar-refractivity contribution >= 4 is 16.5 Å². The van der Waals surface area contributed by atoms with Gasteiger partial charge in [-0.3, -0.25) is 0 Å². The van der Waals surface area contributed by atoms with Crippen molar-refractivity contribution in [2.45, 2.75) is 45.6 Å². The molecular formula is C14H23N3S. The van der Waals surface area contributed by atoms with E-state index in [4.69, 9.17) is 10.7 Å². The first-order valence-corrected chi connectivity index (χ1v) is 7.97. The van der Waals surface area contributed by atoms with E-state index in [1.807, 2.05) is 11.3 Å². The molecule has 0 spiro atoms. The fourth-order valence-corrected chi connectivity index (χ4v) is 4.29.